The van der Waals surface area contributed by atoms with E-state index in [1.54, 1.807) is 14.2 Å². The van der Waals surface area contributed by atoms with Crippen molar-refractivity contribution in [1.82, 2.24) is 0 Å². The van der Waals surface area contributed by atoms with Crippen LogP contribution in [0.5, 0.6) is 23.0 Å². The van der Waals surface area contributed by atoms with Crippen LogP contribution in [-0.2, 0) is 0 Å². The van der Waals surface area contributed by atoms with E-state index in [2.05, 4.69) is 86.6 Å². The smallest absolute Gasteiger partial charge is 0.135 e. The monoisotopic (exact) mass is 532 g/mol. The molecule has 6 rings (SSSR count). The van der Waals surface area contributed by atoms with Crippen molar-refractivity contribution in [2.75, 3.05) is 27.4 Å². The van der Waals surface area contributed by atoms with E-state index in [-0.39, 0.29) is 0 Å². The maximum atomic E-state index is 6.09. The molecule has 0 N–H and O–H groups in total. The summed E-state index contributed by atoms with van der Waals surface area (Å²) < 4.78 is 23.3. The number of fused-ring (bicyclic) bond motifs is 4. The highest BCUT2D eigenvalue weighted by Gasteiger charge is 2.16. The van der Waals surface area contributed by atoms with E-state index in [1.807, 2.05) is 24.3 Å². The van der Waals surface area contributed by atoms with Crippen molar-refractivity contribution in [1.29, 1.82) is 0 Å². The van der Waals surface area contributed by atoms with Gasteiger partial charge in [-0.05, 0) is 12.8 Å². The maximum absolute atomic E-state index is 6.09. The van der Waals surface area contributed by atoms with Crippen molar-refractivity contribution in [2.45, 2.75) is 26.7 Å². The fourth-order valence-corrected chi connectivity index (χ4v) is 5.26. The number of hydrogen-bond donors (Lipinski definition) is 0. The first kappa shape index (κ1) is 27.1. The highest BCUT2D eigenvalue weighted by Crippen LogP contribution is 2.43. The predicted octanol–water partition coefficient (Wildman–Crippen LogP) is 9.58. The summed E-state index contributed by atoms with van der Waals surface area (Å²) in [6, 6.07) is 33.0. The van der Waals surface area contributed by atoms with E-state index in [4.69, 9.17) is 18.9 Å². The largest absolute Gasteiger partial charge is 0.495 e. The number of hydrogen-bond acceptors (Lipinski definition) is 4. The lowest BCUT2D eigenvalue weighted by molar-refractivity contribution is 0.319. The Morgan fingerprint density at radius 1 is 0.375 bits per heavy atom. The van der Waals surface area contributed by atoms with Gasteiger partial charge in [-0.2, -0.15) is 0 Å². The first-order valence-corrected chi connectivity index (χ1v) is 13.9. The Hall–Kier alpha value is -4.44. The minimum absolute atomic E-state index is 0.725. The molecule has 0 spiro atoms. The van der Waals surface area contributed by atoms with Crippen LogP contribution in [0.15, 0.2) is 97.1 Å². The second-order valence-corrected chi connectivity index (χ2v) is 9.60. The molecule has 6 aromatic carbocycles. The van der Waals surface area contributed by atoms with Crippen LogP contribution in [0.4, 0.5) is 0 Å². The van der Waals surface area contributed by atoms with Gasteiger partial charge in [0.25, 0.3) is 0 Å². The fraction of sp³-hybridized carbons (Fsp3) is 0.222. The van der Waals surface area contributed by atoms with Crippen LogP contribution in [0, 0.1) is 0 Å². The lowest BCUT2D eigenvalue weighted by Gasteiger charge is -2.17. The van der Waals surface area contributed by atoms with Crippen molar-refractivity contribution < 1.29 is 18.9 Å². The van der Waals surface area contributed by atoms with Gasteiger partial charge in [0.05, 0.1) is 27.4 Å². The molecule has 4 nitrogen and oxygen atoms in total. The molecule has 0 radical (unpaired) electrons. The van der Waals surface area contributed by atoms with Gasteiger partial charge in [-0.15, -0.1) is 0 Å². The van der Waals surface area contributed by atoms with Crippen molar-refractivity contribution in [2.24, 2.45) is 0 Å². The molecular weight excluding hydrogens is 496 g/mol. The van der Waals surface area contributed by atoms with E-state index >= 15 is 0 Å². The zero-order valence-corrected chi connectivity index (χ0v) is 23.7. The number of rotatable bonds is 8. The molecular formula is C36H36O4. The van der Waals surface area contributed by atoms with Crippen LogP contribution >= 0.6 is 0 Å². The second-order valence-electron chi connectivity index (χ2n) is 9.60. The Morgan fingerprint density at radius 3 is 0.800 bits per heavy atom. The first-order chi connectivity index (χ1) is 19.7. The Morgan fingerprint density at radius 2 is 0.600 bits per heavy atom. The Kier molecular flexibility index (Phi) is 8.56. The Balaban J connectivity index is 0.000000164. The number of ether oxygens (including phenoxy) is 4. The highest BCUT2D eigenvalue weighted by molar-refractivity contribution is 6.12. The molecule has 0 aliphatic carbocycles. The summed E-state index contributed by atoms with van der Waals surface area (Å²) in [7, 11) is 3.42. The van der Waals surface area contributed by atoms with Crippen molar-refractivity contribution in [3.63, 3.8) is 0 Å². The summed E-state index contributed by atoms with van der Waals surface area (Å²) in [6.45, 7) is 5.71. The molecule has 0 fully saturated rings. The molecule has 4 heteroatoms. The van der Waals surface area contributed by atoms with Gasteiger partial charge in [-0.1, -0.05) is 111 Å². The van der Waals surface area contributed by atoms with Crippen LogP contribution < -0.4 is 18.9 Å². The van der Waals surface area contributed by atoms with Crippen molar-refractivity contribution >= 4 is 43.1 Å². The molecule has 6 aromatic rings. The summed E-state index contributed by atoms with van der Waals surface area (Å²) >= 11 is 0. The summed E-state index contributed by atoms with van der Waals surface area (Å²) in [5.41, 5.74) is 0. The van der Waals surface area contributed by atoms with Gasteiger partial charge in [-0.25, -0.2) is 0 Å². The molecule has 40 heavy (non-hydrogen) atoms. The molecule has 0 aliphatic heterocycles. The average Bonchev–Trinajstić information content (AvgIpc) is 3.01. The summed E-state index contributed by atoms with van der Waals surface area (Å²) in [5, 5.41) is 8.82. The fourth-order valence-electron chi connectivity index (χ4n) is 5.26. The van der Waals surface area contributed by atoms with Gasteiger partial charge >= 0.3 is 0 Å². The van der Waals surface area contributed by atoms with Crippen LogP contribution in [0.1, 0.15) is 26.7 Å². The molecule has 0 aromatic heterocycles. The second kappa shape index (κ2) is 12.6. The molecule has 0 bridgehead atoms. The molecule has 0 atom stereocenters. The third kappa shape index (κ3) is 5.10. The highest BCUT2D eigenvalue weighted by atomic mass is 16.5. The Bertz CT molecular complexity index is 1510. The van der Waals surface area contributed by atoms with Gasteiger partial charge in [0.1, 0.15) is 23.0 Å². The molecule has 0 saturated carbocycles. The van der Waals surface area contributed by atoms with Gasteiger partial charge in [0.15, 0.2) is 0 Å². The quantitative estimate of drug-likeness (QED) is 0.183. The molecule has 0 heterocycles. The van der Waals surface area contributed by atoms with Gasteiger partial charge in [0.2, 0.25) is 0 Å². The van der Waals surface area contributed by atoms with Crippen LogP contribution in [0.25, 0.3) is 43.1 Å². The molecule has 0 saturated heterocycles. The third-order valence-corrected chi connectivity index (χ3v) is 6.97. The SMILES string of the molecule is CCCOc1c2ccccc2c(OCCC)c2ccccc12.COc1c2ccccc2c(OC)c2ccccc12. The lowest BCUT2D eigenvalue weighted by Crippen LogP contribution is -2.00. The van der Waals surface area contributed by atoms with Crippen molar-refractivity contribution in [3.8, 4) is 23.0 Å². The molecule has 0 unspecified atom stereocenters. The normalized spacial score (nSPS) is 10.9. The van der Waals surface area contributed by atoms with E-state index in [0.29, 0.717) is 0 Å². The van der Waals surface area contributed by atoms with E-state index in [1.165, 1.54) is 0 Å². The maximum Gasteiger partial charge on any atom is 0.135 e. The van der Waals surface area contributed by atoms with E-state index in [0.717, 1.165) is 92.1 Å². The predicted molar refractivity (Wildman–Crippen MR) is 168 cm³/mol. The zero-order valence-electron chi connectivity index (χ0n) is 23.7. The number of methoxy groups -OCH3 is 2. The van der Waals surface area contributed by atoms with Gasteiger partial charge in [0, 0.05) is 43.1 Å². The summed E-state index contributed by atoms with van der Waals surface area (Å²) in [5.74, 6) is 3.75. The first-order valence-electron chi connectivity index (χ1n) is 13.9. The zero-order chi connectivity index (χ0) is 27.9. The summed E-state index contributed by atoms with van der Waals surface area (Å²) in [6.07, 6.45) is 1.99. The van der Waals surface area contributed by atoms with Crippen LogP contribution in [0.2, 0.25) is 0 Å². The summed E-state index contributed by atoms with van der Waals surface area (Å²) in [4.78, 5) is 0. The van der Waals surface area contributed by atoms with Gasteiger partial charge < -0.3 is 18.9 Å². The molecule has 0 amide bonds. The molecule has 204 valence electrons. The van der Waals surface area contributed by atoms with E-state index < -0.39 is 0 Å². The van der Waals surface area contributed by atoms with E-state index in [9.17, 15) is 0 Å². The average molecular weight is 533 g/mol. The van der Waals surface area contributed by atoms with Gasteiger partial charge in [-0.3, -0.25) is 0 Å². The number of benzene rings is 6. The topological polar surface area (TPSA) is 36.9 Å². The minimum Gasteiger partial charge on any atom is -0.495 e. The van der Waals surface area contributed by atoms with Crippen LogP contribution in [-0.4, -0.2) is 27.4 Å². The standard InChI is InChI=1S/C20H22O2.C16H14O2/c1-3-13-21-19-15-9-5-7-11-17(15)20(22-14-4-2)18-12-8-6-10-16(18)19;1-17-15-11-7-3-5-9-13(11)16(18-2)14-10-6-4-8-12(14)15/h5-12H,3-4,13-14H2,1-2H3;3-10H,1-2H3. The third-order valence-electron chi connectivity index (χ3n) is 6.97. The van der Waals surface area contributed by atoms with Crippen LogP contribution in [0.3, 0.4) is 0 Å². The van der Waals surface area contributed by atoms with Crippen molar-refractivity contribution in [3.05, 3.63) is 97.1 Å². The molecule has 0 aliphatic rings. The minimum atomic E-state index is 0.725. The lowest BCUT2D eigenvalue weighted by atomic mass is 10.0. The Labute approximate surface area is 236 Å².